The second-order valence-electron chi connectivity index (χ2n) is 6.09. The zero-order chi connectivity index (χ0) is 19.2. The highest BCUT2D eigenvalue weighted by Crippen LogP contribution is 2.26. The number of nitrogens with one attached hydrogen (secondary N) is 1. The van der Waals surface area contributed by atoms with Crippen LogP contribution in [0.2, 0.25) is 5.02 Å². The molecule has 1 aliphatic heterocycles. The number of rotatable bonds is 5. The summed E-state index contributed by atoms with van der Waals surface area (Å²) < 4.78 is 0. The van der Waals surface area contributed by atoms with Gasteiger partial charge in [0.1, 0.15) is 0 Å². The number of carbonyl (C=O) groups is 2. The van der Waals surface area contributed by atoms with Gasteiger partial charge in [-0.2, -0.15) is 11.3 Å². The highest BCUT2D eigenvalue weighted by molar-refractivity contribution is 8.13. The van der Waals surface area contributed by atoms with Crippen LogP contribution in [-0.4, -0.2) is 40.7 Å². The summed E-state index contributed by atoms with van der Waals surface area (Å²) in [6.07, 6.45) is 1.16. The Morgan fingerprint density at radius 1 is 1.33 bits per heavy atom. The standard InChI is InChI=1S/C19H20ClN3O2S2/c1-13-3-4-15(11-16(13)20)22-19-23(8-2-9-27-19)17(24)5-7-21-18(25)14-6-10-26-12-14/h3-4,6,10-12H,2,5,7-9H2,1H3,(H,21,25). The molecule has 2 heterocycles. The molecule has 1 aromatic heterocycles. The first-order valence-electron chi connectivity index (χ1n) is 8.63. The van der Waals surface area contributed by atoms with Crippen LogP contribution >= 0.6 is 34.7 Å². The van der Waals surface area contributed by atoms with Crippen LogP contribution < -0.4 is 5.32 Å². The SMILES string of the molecule is Cc1ccc(N=C2SCCCN2C(=O)CCNC(=O)c2ccsc2)cc1Cl. The number of amides is 2. The van der Waals surface area contributed by atoms with Gasteiger partial charge < -0.3 is 5.32 Å². The maximum absolute atomic E-state index is 12.6. The molecular weight excluding hydrogens is 402 g/mol. The van der Waals surface area contributed by atoms with Crippen LogP contribution in [0.5, 0.6) is 0 Å². The highest BCUT2D eigenvalue weighted by Gasteiger charge is 2.23. The third-order valence-corrected chi connectivity index (χ3v) is 6.23. The lowest BCUT2D eigenvalue weighted by atomic mass is 10.2. The van der Waals surface area contributed by atoms with Crippen LogP contribution in [0.1, 0.15) is 28.8 Å². The molecule has 8 heteroatoms. The van der Waals surface area contributed by atoms with E-state index in [4.69, 9.17) is 11.6 Å². The molecule has 0 spiro atoms. The quantitative estimate of drug-likeness (QED) is 0.773. The minimum atomic E-state index is -0.153. The van der Waals surface area contributed by atoms with Crippen molar-refractivity contribution in [2.75, 3.05) is 18.8 Å². The van der Waals surface area contributed by atoms with E-state index in [9.17, 15) is 9.59 Å². The number of benzene rings is 1. The Kier molecular flexibility index (Phi) is 6.93. The molecule has 5 nitrogen and oxygen atoms in total. The minimum Gasteiger partial charge on any atom is -0.351 e. The first-order chi connectivity index (χ1) is 13.0. The normalized spacial score (nSPS) is 15.8. The fraction of sp³-hybridized carbons (Fsp3) is 0.316. The molecule has 1 aromatic carbocycles. The molecule has 27 heavy (non-hydrogen) atoms. The fourth-order valence-corrected chi connectivity index (χ4v) is 4.34. The van der Waals surface area contributed by atoms with E-state index in [-0.39, 0.29) is 18.2 Å². The number of thioether (sulfide) groups is 1. The van der Waals surface area contributed by atoms with Crippen molar-refractivity contribution in [1.82, 2.24) is 10.2 Å². The van der Waals surface area contributed by atoms with E-state index in [0.29, 0.717) is 28.8 Å². The summed E-state index contributed by atoms with van der Waals surface area (Å²) in [5, 5.41) is 7.78. The summed E-state index contributed by atoms with van der Waals surface area (Å²) in [6, 6.07) is 7.39. The third-order valence-electron chi connectivity index (χ3n) is 4.08. The van der Waals surface area contributed by atoms with Gasteiger partial charge in [0, 0.05) is 41.2 Å². The molecule has 1 saturated heterocycles. The van der Waals surface area contributed by atoms with E-state index in [2.05, 4.69) is 10.3 Å². The van der Waals surface area contributed by atoms with Crippen molar-refractivity contribution < 1.29 is 9.59 Å². The summed E-state index contributed by atoms with van der Waals surface area (Å²) >= 11 is 9.21. The Hall–Kier alpha value is -1.83. The fourth-order valence-electron chi connectivity index (χ4n) is 2.56. The molecule has 0 radical (unpaired) electrons. The second kappa shape index (κ2) is 9.39. The lowest BCUT2D eigenvalue weighted by molar-refractivity contribution is -0.127. The van der Waals surface area contributed by atoms with Gasteiger partial charge in [0.15, 0.2) is 5.17 Å². The molecular formula is C19H20ClN3O2S2. The van der Waals surface area contributed by atoms with E-state index in [1.54, 1.807) is 28.1 Å². The van der Waals surface area contributed by atoms with Crippen molar-refractivity contribution in [2.24, 2.45) is 4.99 Å². The molecule has 0 saturated carbocycles. The van der Waals surface area contributed by atoms with E-state index in [1.807, 2.05) is 30.5 Å². The summed E-state index contributed by atoms with van der Waals surface area (Å²) in [5.41, 5.74) is 2.35. The van der Waals surface area contributed by atoms with Gasteiger partial charge in [-0.3, -0.25) is 14.5 Å². The number of hydrogen-bond acceptors (Lipinski definition) is 5. The Bertz CT molecular complexity index is 853. The molecule has 0 unspecified atom stereocenters. The number of thiophene rings is 1. The molecule has 1 fully saturated rings. The number of aliphatic imine (C=N–C) groups is 1. The van der Waals surface area contributed by atoms with Gasteiger partial charge in [-0.05, 0) is 42.5 Å². The smallest absolute Gasteiger partial charge is 0.252 e. The molecule has 0 atom stereocenters. The predicted octanol–water partition coefficient (Wildman–Crippen LogP) is 4.48. The Morgan fingerprint density at radius 3 is 2.93 bits per heavy atom. The monoisotopic (exact) mass is 421 g/mol. The molecule has 2 aromatic rings. The van der Waals surface area contributed by atoms with Crippen molar-refractivity contribution in [1.29, 1.82) is 0 Å². The maximum atomic E-state index is 12.6. The largest absolute Gasteiger partial charge is 0.351 e. The summed E-state index contributed by atoms with van der Waals surface area (Å²) in [4.78, 5) is 30.9. The molecule has 2 amide bonds. The molecule has 1 aliphatic rings. The van der Waals surface area contributed by atoms with E-state index < -0.39 is 0 Å². The molecule has 0 aliphatic carbocycles. The summed E-state index contributed by atoms with van der Waals surface area (Å²) in [6.45, 7) is 2.88. The first-order valence-corrected chi connectivity index (χ1v) is 10.9. The van der Waals surface area contributed by atoms with Crippen LogP contribution in [0.15, 0.2) is 40.0 Å². The van der Waals surface area contributed by atoms with Gasteiger partial charge in [0.2, 0.25) is 5.91 Å². The van der Waals surface area contributed by atoms with Crippen LogP contribution in [-0.2, 0) is 4.79 Å². The van der Waals surface area contributed by atoms with E-state index in [1.165, 1.54) is 11.3 Å². The van der Waals surface area contributed by atoms with E-state index in [0.717, 1.165) is 23.4 Å². The van der Waals surface area contributed by atoms with Crippen LogP contribution in [0.4, 0.5) is 5.69 Å². The zero-order valence-corrected chi connectivity index (χ0v) is 17.3. The molecule has 3 rings (SSSR count). The van der Waals surface area contributed by atoms with Gasteiger partial charge in [0.25, 0.3) is 5.91 Å². The Morgan fingerprint density at radius 2 is 2.19 bits per heavy atom. The van der Waals surface area contributed by atoms with Crippen LogP contribution in [0.25, 0.3) is 0 Å². The van der Waals surface area contributed by atoms with Crippen LogP contribution in [0.3, 0.4) is 0 Å². The molecule has 0 bridgehead atoms. The van der Waals surface area contributed by atoms with Gasteiger partial charge in [-0.25, -0.2) is 4.99 Å². The average Bonchev–Trinajstić information content (AvgIpc) is 3.20. The van der Waals surface area contributed by atoms with Gasteiger partial charge >= 0.3 is 0 Å². The van der Waals surface area contributed by atoms with E-state index >= 15 is 0 Å². The lowest BCUT2D eigenvalue weighted by Gasteiger charge is -2.28. The number of nitrogens with zero attached hydrogens (tertiary/aromatic N) is 2. The average molecular weight is 422 g/mol. The zero-order valence-electron chi connectivity index (χ0n) is 14.9. The molecule has 1 N–H and O–H groups in total. The highest BCUT2D eigenvalue weighted by atomic mass is 35.5. The van der Waals surface area contributed by atoms with Crippen molar-refractivity contribution in [3.05, 3.63) is 51.2 Å². The summed E-state index contributed by atoms with van der Waals surface area (Å²) in [5.74, 6) is 0.738. The van der Waals surface area contributed by atoms with Gasteiger partial charge in [0.05, 0.1) is 5.69 Å². The topological polar surface area (TPSA) is 61.8 Å². The predicted molar refractivity (Wildman–Crippen MR) is 113 cm³/mol. The number of amidine groups is 1. The number of halogens is 1. The van der Waals surface area contributed by atoms with Gasteiger partial charge in [-0.15, -0.1) is 0 Å². The lowest BCUT2D eigenvalue weighted by Crippen LogP contribution is -2.40. The Balaban J connectivity index is 1.62. The number of aryl methyl sites for hydroxylation is 1. The Labute approximate surface area is 171 Å². The number of carbonyl (C=O) groups excluding carboxylic acids is 2. The van der Waals surface area contributed by atoms with Gasteiger partial charge in [-0.1, -0.05) is 29.4 Å². The second-order valence-corrected chi connectivity index (χ2v) is 8.34. The number of hydrogen-bond donors (Lipinski definition) is 1. The van der Waals surface area contributed by atoms with Crippen molar-refractivity contribution in [2.45, 2.75) is 19.8 Å². The first kappa shape index (κ1) is 19.9. The third kappa shape index (κ3) is 5.34. The van der Waals surface area contributed by atoms with Crippen molar-refractivity contribution in [3.63, 3.8) is 0 Å². The minimum absolute atomic E-state index is 0.0372. The maximum Gasteiger partial charge on any atom is 0.252 e. The van der Waals surface area contributed by atoms with Crippen molar-refractivity contribution >= 4 is 57.4 Å². The van der Waals surface area contributed by atoms with Crippen molar-refractivity contribution in [3.8, 4) is 0 Å². The van der Waals surface area contributed by atoms with Crippen LogP contribution in [0, 0.1) is 6.92 Å². The molecule has 142 valence electrons. The summed E-state index contributed by atoms with van der Waals surface area (Å²) in [7, 11) is 0.